The Bertz CT molecular complexity index is 687. The first-order valence-corrected chi connectivity index (χ1v) is 6.65. The highest BCUT2D eigenvalue weighted by molar-refractivity contribution is 5.95. The fourth-order valence-electron chi connectivity index (χ4n) is 1.74. The third-order valence-electron chi connectivity index (χ3n) is 2.81. The zero-order chi connectivity index (χ0) is 16.8. The van der Waals surface area contributed by atoms with Crippen LogP contribution < -0.4 is 14.8 Å². The van der Waals surface area contributed by atoms with Crippen LogP contribution >= 0.6 is 0 Å². The Labute approximate surface area is 132 Å². The van der Waals surface area contributed by atoms with Gasteiger partial charge in [0, 0.05) is 12.1 Å². The molecule has 1 aromatic carbocycles. The minimum atomic E-state index is -0.675. The number of carbonyl (C=O) groups excluding carboxylic acids is 2. The van der Waals surface area contributed by atoms with E-state index in [1.54, 1.807) is 19.1 Å². The Balaban J connectivity index is 1.95. The van der Waals surface area contributed by atoms with E-state index in [1.165, 1.54) is 26.4 Å². The molecule has 122 valence electrons. The van der Waals surface area contributed by atoms with Crippen LogP contribution in [0.2, 0.25) is 0 Å². The number of benzene rings is 1. The highest BCUT2D eigenvalue weighted by atomic mass is 16.5. The molecule has 0 unspecified atom stereocenters. The van der Waals surface area contributed by atoms with Crippen molar-refractivity contribution in [1.82, 2.24) is 5.16 Å². The lowest BCUT2D eigenvalue weighted by Gasteiger charge is -2.08. The first-order chi connectivity index (χ1) is 11.0. The maximum atomic E-state index is 12.0. The molecule has 1 N–H and O–H groups in total. The number of aromatic nitrogens is 1. The number of esters is 1. The van der Waals surface area contributed by atoms with Gasteiger partial charge in [0.05, 0.1) is 25.5 Å². The van der Waals surface area contributed by atoms with Gasteiger partial charge in [-0.2, -0.15) is 0 Å². The van der Waals surface area contributed by atoms with E-state index < -0.39 is 18.5 Å². The van der Waals surface area contributed by atoms with Gasteiger partial charge in [-0.15, -0.1) is 0 Å². The predicted octanol–water partition coefficient (Wildman–Crippen LogP) is 1.80. The van der Waals surface area contributed by atoms with Gasteiger partial charge in [0.1, 0.15) is 11.5 Å². The zero-order valence-corrected chi connectivity index (χ0v) is 12.9. The molecule has 2 rings (SSSR count). The van der Waals surface area contributed by atoms with Gasteiger partial charge in [-0.3, -0.25) is 10.1 Å². The van der Waals surface area contributed by atoms with E-state index >= 15 is 0 Å². The maximum Gasteiger partial charge on any atom is 0.338 e. The summed E-state index contributed by atoms with van der Waals surface area (Å²) in [6.07, 6.45) is 0. The topological polar surface area (TPSA) is 99.9 Å². The maximum absolute atomic E-state index is 12.0. The molecule has 8 heteroatoms. The molecule has 0 aliphatic rings. The molecule has 0 bridgehead atoms. The summed E-state index contributed by atoms with van der Waals surface area (Å²) in [5.74, 6) is -0.141. The molecular weight excluding hydrogens is 304 g/mol. The standard InChI is InChI=1S/C15H16N2O6/c1-9-4-14(23-17-9)16-13(18)8-22-15(19)10-5-11(20-2)7-12(6-10)21-3/h4-7H,8H2,1-3H3,(H,16,18). The van der Waals surface area contributed by atoms with E-state index in [1.807, 2.05) is 0 Å². The van der Waals surface area contributed by atoms with E-state index in [0.717, 1.165) is 0 Å². The summed E-state index contributed by atoms with van der Waals surface area (Å²) in [5, 5.41) is 6.05. The van der Waals surface area contributed by atoms with E-state index in [0.29, 0.717) is 17.2 Å². The number of nitrogens with one attached hydrogen (secondary N) is 1. The highest BCUT2D eigenvalue weighted by Gasteiger charge is 2.14. The molecule has 0 aliphatic carbocycles. The van der Waals surface area contributed by atoms with Crippen LogP contribution in [0.15, 0.2) is 28.8 Å². The van der Waals surface area contributed by atoms with Gasteiger partial charge in [0.15, 0.2) is 6.61 Å². The average molecular weight is 320 g/mol. The molecule has 0 fully saturated rings. The monoisotopic (exact) mass is 320 g/mol. The molecule has 0 saturated heterocycles. The molecule has 1 amide bonds. The Morgan fingerprint density at radius 1 is 1.13 bits per heavy atom. The van der Waals surface area contributed by atoms with Crippen LogP contribution in [0.5, 0.6) is 11.5 Å². The third-order valence-corrected chi connectivity index (χ3v) is 2.81. The van der Waals surface area contributed by atoms with Crippen molar-refractivity contribution in [2.45, 2.75) is 6.92 Å². The van der Waals surface area contributed by atoms with E-state index in [2.05, 4.69) is 10.5 Å². The van der Waals surface area contributed by atoms with E-state index in [9.17, 15) is 9.59 Å². The first-order valence-electron chi connectivity index (χ1n) is 6.65. The number of methoxy groups -OCH3 is 2. The summed E-state index contributed by atoms with van der Waals surface area (Å²) in [5.41, 5.74) is 0.838. The number of nitrogens with zero attached hydrogens (tertiary/aromatic N) is 1. The summed E-state index contributed by atoms with van der Waals surface area (Å²) in [6, 6.07) is 6.15. The third kappa shape index (κ3) is 4.47. The highest BCUT2D eigenvalue weighted by Crippen LogP contribution is 2.23. The van der Waals surface area contributed by atoms with Crippen molar-refractivity contribution in [3.8, 4) is 11.5 Å². The van der Waals surface area contributed by atoms with Crippen molar-refractivity contribution in [2.75, 3.05) is 26.1 Å². The molecule has 0 spiro atoms. The number of rotatable bonds is 6. The van der Waals surface area contributed by atoms with Crippen LogP contribution in [0, 0.1) is 6.92 Å². The molecule has 0 radical (unpaired) electrons. The number of hydrogen-bond donors (Lipinski definition) is 1. The zero-order valence-electron chi connectivity index (χ0n) is 12.9. The predicted molar refractivity (Wildman–Crippen MR) is 79.7 cm³/mol. The van der Waals surface area contributed by atoms with Crippen molar-refractivity contribution < 1.29 is 28.3 Å². The van der Waals surface area contributed by atoms with Crippen molar-refractivity contribution >= 4 is 17.8 Å². The second-order valence-corrected chi connectivity index (χ2v) is 4.56. The van der Waals surface area contributed by atoms with Crippen LogP contribution in [-0.2, 0) is 9.53 Å². The normalized spacial score (nSPS) is 10.0. The first kappa shape index (κ1) is 16.3. The lowest BCUT2D eigenvalue weighted by Crippen LogP contribution is -2.20. The van der Waals surface area contributed by atoms with Gasteiger partial charge in [-0.05, 0) is 19.1 Å². The van der Waals surface area contributed by atoms with Gasteiger partial charge >= 0.3 is 5.97 Å². The van der Waals surface area contributed by atoms with E-state index in [-0.39, 0.29) is 11.4 Å². The van der Waals surface area contributed by atoms with Crippen LogP contribution in [0.4, 0.5) is 5.88 Å². The Morgan fingerprint density at radius 3 is 2.30 bits per heavy atom. The molecule has 1 heterocycles. The summed E-state index contributed by atoms with van der Waals surface area (Å²) in [4.78, 5) is 23.7. The largest absolute Gasteiger partial charge is 0.497 e. The van der Waals surface area contributed by atoms with Crippen LogP contribution in [0.1, 0.15) is 16.1 Å². The van der Waals surface area contributed by atoms with Crippen molar-refractivity contribution in [3.63, 3.8) is 0 Å². The molecule has 1 aromatic heterocycles. The molecule has 0 saturated carbocycles. The summed E-state index contributed by atoms with van der Waals surface area (Å²) in [7, 11) is 2.94. The SMILES string of the molecule is COc1cc(OC)cc(C(=O)OCC(=O)Nc2cc(C)no2)c1. The van der Waals surface area contributed by atoms with Crippen LogP contribution in [0.3, 0.4) is 0 Å². The fourth-order valence-corrected chi connectivity index (χ4v) is 1.74. The quantitative estimate of drug-likeness (QED) is 0.810. The number of amides is 1. The summed E-state index contributed by atoms with van der Waals surface area (Å²) >= 11 is 0. The number of anilines is 1. The molecule has 8 nitrogen and oxygen atoms in total. The number of hydrogen-bond acceptors (Lipinski definition) is 7. The Hall–Kier alpha value is -3.03. The van der Waals surface area contributed by atoms with Gasteiger partial charge in [-0.25, -0.2) is 4.79 Å². The molecule has 23 heavy (non-hydrogen) atoms. The second kappa shape index (κ2) is 7.30. The summed E-state index contributed by atoms with van der Waals surface area (Å²) in [6.45, 7) is 1.26. The van der Waals surface area contributed by atoms with Gasteiger partial charge in [0.2, 0.25) is 5.88 Å². The minimum absolute atomic E-state index is 0.187. The number of aryl methyl sites for hydroxylation is 1. The lowest BCUT2D eigenvalue weighted by molar-refractivity contribution is -0.119. The van der Waals surface area contributed by atoms with Gasteiger partial charge < -0.3 is 18.7 Å². The number of carbonyl (C=O) groups is 2. The molecular formula is C15H16N2O6. The average Bonchev–Trinajstić information content (AvgIpc) is 2.96. The molecule has 0 atom stereocenters. The van der Waals surface area contributed by atoms with Gasteiger partial charge in [-0.1, -0.05) is 5.16 Å². The van der Waals surface area contributed by atoms with Crippen LogP contribution in [-0.4, -0.2) is 37.9 Å². The van der Waals surface area contributed by atoms with Gasteiger partial charge in [0.25, 0.3) is 5.91 Å². The lowest BCUT2D eigenvalue weighted by atomic mass is 10.2. The molecule has 2 aromatic rings. The van der Waals surface area contributed by atoms with Crippen molar-refractivity contribution in [3.05, 3.63) is 35.5 Å². The Morgan fingerprint density at radius 2 is 1.78 bits per heavy atom. The fraction of sp³-hybridized carbons (Fsp3) is 0.267. The minimum Gasteiger partial charge on any atom is -0.497 e. The van der Waals surface area contributed by atoms with Crippen molar-refractivity contribution in [2.24, 2.45) is 0 Å². The van der Waals surface area contributed by atoms with Crippen LogP contribution in [0.25, 0.3) is 0 Å². The molecule has 0 aliphatic heterocycles. The Kier molecular flexibility index (Phi) is 5.19. The number of ether oxygens (including phenoxy) is 3. The second-order valence-electron chi connectivity index (χ2n) is 4.56. The summed E-state index contributed by atoms with van der Waals surface area (Å²) < 4.78 is 19.9. The van der Waals surface area contributed by atoms with Crippen molar-refractivity contribution in [1.29, 1.82) is 0 Å². The smallest absolute Gasteiger partial charge is 0.338 e. The van der Waals surface area contributed by atoms with E-state index in [4.69, 9.17) is 18.7 Å².